The van der Waals surface area contributed by atoms with E-state index in [1.54, 1.807) is 18.2 Å². The summed E-state index contributed by atoms with van der Waals surface area (Å²) in [5.74, 6) is -0.193. The van der Waals surface area contributed by atoms with Gasteiger partial charge in [-0.2, -0.15) is 0 Å². The number of aliphatic carboxylic acids is 1. The number of hydrogen-bond acceptors (Lipinski definition) is 2. The average Bonchev–Trinajstić information content (AvgIpc) is 2.28. The van der Waals surface area contributed by atoms with Crippen LogP contribution in [0.1, 0.15) is 25.7 Å². The molecule has 0 saturated carbocycles. The van der Waals surface area contributed by atoms with Crippen molar-refractivity contribution in [2.45, 2.75) is 25.7 Å². The highest BCUT2D eigenvalue weighted by Crippen LogP contribution is 2.31. The number of halogens is 2. The molecule has 3 nitrogen and oxygen atoms in total. The minimum absolute atomic E-state index is 0.206. The molecule has 17 heavy (non-hydrogen) atoms. The first kappa shape index (κ1) is 14.1. The summed E-state index contributed by atoms with van der Waals surface area (Å²) in [5, 5.41) is 9.34. The smallest absolute Gasteiger partial charge is 0.303 e. The SMILES string of the molecule is O=C(O)CCCCCOc1cccc(Cl)c1Cl. The van der Waals surface area contributed by atoms with Gasteiger partial charge in [-0.15, -0.1) is 0 Å². The van der Waals surface area contributed by atoms with Crippen LogP contribution < -0.4 is 4.74 Å². The van der Waals surface area contributed by atoms with Crippen molar-refractivity contribution in [1.82, 2.24) is 0 Å². The van der Waals surface area contributed by atoms with Gasteiger partial charge >= 0.3 is 5.97 Å². The molecule has 94 valence electrons. The minimum atomic E-state index is -0.760. The van der Waals surface area contributed by atoms with Gasteiger partial charge in [-0.1, -0.05) is 29.3 Å². The van der Waals surface area contributed by atoms with Crippen molar-refractivity contribution in [2.24, 2.45) is 0 Å². The molecule has 0 unspecified atom stereocenters. The van der Waals surface area contributed by atoms with E-state index in [1.807, 2.05) is 0 Å². The van der Waals surface area contributed by atoms with Gasteiger partial charge in [0.1, 0.15) is 10.8 Å². The molecule has 0 bridgehead atoms. The van der Waals surface area contributed by atoms with Crippen molar-refractivity contribution in [3.63, 3.8) is 0 Å². The fourth-order valence-corrected chi connectivity index (χ4v) is 1.68. The van der Waals surface area contributed by atoms with Gasteiger partial charge in [-0.3, -0.25) is 4.79 Å². The second-order valence-electron chi connectivity index (χ2n) is 3.60. The zero-order chi connectivity index (χ0) is 12.7. The quantitative estimate of drug-likeness (QED) is 0.766. The summed E-state index contributed by atoms with van der Waals surface area (Å²) in [6.07, 6.45) is 2.50. The van der Waals surface area contributed by atoms with Crippen LogP contribution in [-0.2, 0) is 4.79 Å². The first-order chi connectivity index (χ1) is 8.11. The largest absolute Gasteiger partial charge is 0.492 e. The Morgan fingerprint density at radius 2 is 2.00 bits per heavy atom. The van der Waals surface area contributed by atoms with Crippen LogP contribution in [0.5, 0.6) is 5.75 Å². The van der Waals surface area contributed by atoms with Crippen LogP contribution >= 0.6 is 23.2 Å². The minimum Gasteiger partial charge on any atom is -0.492 e. The maximum Gasteiger partial charge on any atom is 0.303 e. The predicted octanol–water partition coefficient (Wildman–Crippen LogP) is 4.02. The monoisotopic (exact) mass is 276 g/mol. The van der Waals surface area contributed by atoms with Gasteiger partial charge in [-0.25, -0.2) is 0 Å². The fraction of sp³-hybridized carbons (Fsp3) is 0.417. The van der Waals surface area contributed by atoms with Crippen LogP contribution in [0.2, 0.25) is 10.0 Å². The van der Waals surface area contributed by atoms with Crippen LogP contribution in [0.4, 0.5) is 0 Å². The van der Waals surface area contributed by atoms with Gasteiger partial charge < -0.3 is 9.84 Å². The predicted molar refractivity (Wildman–Crippen MR) is 68.1 cm³/mol. The summed E-state index contributed by atoms with van der Waals surface area (Å²) in [6, 6.07) is 5.23. The maximum absolute atomic E-state index is 10.3. The average molecular weight is 277 g/mol. The molecule has 0 aliphatic rings. The number of carboxylic acids is 1. The summed E-state index contributed by atoms with van der Waals surface area (Å²) in [4.78, 5) is 10.3. The lowest BCUT2D eigenvalue weighted by Gasteiger charge is -2.08. The zero-order valence-corrected chi connectivity index (χ0v) is 10.8. The van der Waals surface area contributed by atoms with E-state index in [9.17, 15) is 4.79 Å². The van der Waals surface area contributed by atoms with Crippen LogP contribution in [-0.4, -0.2) is 17.7 Å². The van der Waals surface area contributed by atoms with Gasteiger partial charge in [0.05, 0.1) is 11.6 Å². The van der Waals surface area contributed by atoms with E-state index in [0.717, 1.165) is 12.8 Å². The van der Waals surface area contributed by atoms with Crippen LogP contribution in [0.15, 0.2) is 18.2 Å². The van der Waals surface area contributed by atoms with Gasteiger partial charge in [-0.05, 0) is 31.4 Å². The third-order valence-corrected chi connectivity index (χ3v) is 3.01. The first-order valence-electron chi connectivity index (χ1n) is 5.40. The van der Waals surface area contributed by atoms with E-state index in [0.29, 0.717) is 28.8 Å². The number of benzene rings is 1. The van der Waals surface area contributed by atoms with Crippen LogP contribution in [0, 0.1) is 0 Å². The molecule has 5 heteroatoms. The number of carboxylic acid groups (broad SMARTS) is 1. The molecule has 0 radical (unpaired) electrons. The molecule has 1 aromatic rings. The molecule has 0 heterocycles. The number of carbonyl (C=O) groups is 1. The van der Waals surface area contributed by atoms with E-state index < -0.39 is 5.97 Å². The molecule has 1 rings (SSSR count). The summed E-state index contributed by atoms with van der Waals surface area (Å²) in [7, 11) is 0. The number of rotatable bonds is 7. The topological polar surface area (TPSA) is 46.5 Å². The lowest BCUT2D eigenvalue weighted by atomic mass is 10.2. The molecular weight excluding hydrogens is 263 g/mol. The maximum atomic E-state index is 10.3. The molecule has 1 aromatic carbocycles. The fourth-order valence-electron chi connectivity index (χ4n) is 1.33. The zero-order valence-electron chi connectivity index (χ0n) is 9.29. The lowest BCUT2D eigenvalue weighted by molar-refractivity contribution is -0.137. The summed E-state index contributed by atoms with van der Waals surface area (Å²) in [6.45, 7) is 0.514. The summed E-state index contributed by atoms with van der Waals surface area (Å²) < 4.78 is 5.46. The highest BCUT2D eigenvalue weighted by atomic mass is 35.5. The Hall–Kier alpha value is -0.930. The second-order valence-corrected chi connectivity index (χ2v) is 4.39. The van der Waals surface area contributed by atoms with Crippen LogP contribution in [0.25, 0.3) is 0 Å². The van der Waals surface area contributed by atoms with E-state index in [-0.39, 0.29) is 6.42 Å². The second kappa shape index (κ2) is 7.41. The van der Waals surface area contributed by atoms with E-state index in [2.05, 4.69) is 0 Å². The third kappa shape index (κ3) is 5.29. The van der Waals surface area contributed by atoms with Gasteiger partial charge in [0, 0.05) is 6.42 Å². The van der Waals surface area contributed by atoms with Crippen molar-refractivity contribution in [3.8, 4) is 5.75 Å². The molecule has 0 atom stereocenters. The van der Waals surface area contributed by atoms with E-state index >= 15 is 0 Å². The highest BCUT2D eigenvalue weighted by molar-refractivity contribution is 6.42. The summed E-state index contributed by atoms with van der Waals surface area (Å²) in [5.41, 5.74) is 0. The molecule has 0 aliphatic carbocycles. The molecule has 0 aromatic heterocycles. The Labute approximate surface area is 110 Å². The number of unbranched alkanes of at least 4 members (excludes halogenated alkanes) is 2. The standard InChI is InChI=1S/C12H14Cl2O3/c13-9-5-4-6-10(12(9)14)17-8-3-1-2-7-11(15)16/h4-6H,1-3,7-8H2,(H,15,16). The number of hydrogen-bond donors (Lipinski definition) is 1. The Morgan fingerprint density at radius 3 is 2.71 bits per heavy atom. The third-order valence-electron chi connectivity index (χ3n) is 2.21. The van der Waals surface area contributed by atoms with Crippen molar-refractivity contribution in [1.29, 1.82) is 0 Å². The Balaban J connectivity index is 2.22. The van der Waals surface area contributed by atoms with Crippen molar-refractivity contribution in [3.05, 3.63) is 28.2 Å². The molecule has 0 amide bonds. The normalized spacial score (nSPS) is 10.2. The highest BCUT2D eigenvalue weighted by Gasteiger charge is 2.04. The molecule has 0 aliphatic heterocycles. The molecule has 1 N–H and O–H groups in total. The van der Waals surface area contributed by atoms with E-state index in [1.165, 1.54) is 0 Å². The molecule has 0 fully saturated rings. The van der Waals surface area contributed by atoms with Crippen molar-refractivity contribution < 1.29 is 14.6 Å². The lowest BCUT2D eigenvalue weighted by Crippen LogP contribution is -1.99. The van der Waals surface area contributed by atoms with Crippen molar-refractivity contribution >= 4 is 29.2 Å². The van der Waals surface area contributed by atoms with Crippen molar-refractivity contribution in [2.75, 3.05) is 6.61 Å². The Bertz CT molecular complexity index is 380. The number of ether oxygens (including phenoxy) is 1. The first-order valence-corrected chi connectivity index (χ1v) is 6.15. The van der Waals surface area contributed by atoms with Gasteiger partial charge in [0.15, 0.2) is 0 Å². The van der Waals surface area contributed by atoms with E-state index in [4.69, 9.17) is 33.0 Å². The summed E-state index contributed by atoms with van der Waals surface area (Å²) >= 11 is 11.8. The molecular formula is C12H14Cl2O3. The Kier molecular flexibility index (Phi) is 6.16. The molecule has 0 spiro atoms. The Morgan fingerprint density at radius 1 is 1.24 bits per heavy atom. The van der Waals surface area contributed by atoms with Crippen LogP contribution in [0.3, 0.4) is 0 Å². The van der Waals surface area contributed by atoms with Gasteiger partial charge in [0.25, 0.3) is 0 Å². The van der Waals surface area contributed by atoms with Gasteiger partial charge in [0.2, 0.25) is 0 Å². The molecule has 0 saturated heterocycles.